The van der Waals surface area contributed by atoms with Crippen molar-refractivity contribution in [3.05, 3.63) is 65.5 Å². The van der Waals surface area contributed by atoms with Crippen LogP contribution >= 0.6 is 0 Å². The molecule has 0 saturated heterocycles. The van der Waals surface area contributed by atoms with Crippen molar-refractivity contribution in [1.29, 1.82) is 0 Å². The van der Waals surface area contributed by atoms with Gasteiger partial charge in [0.2, 0.25) is 0 Å². The molecule has 3 heteroatoms. The average molecular weight is 297 g/mol. The summed E-state index contributed by atoms with van der Waals surface area (Å²) < 4.78 is 18.4. The first-order valence-corrected chi connectivity index (χ1v) is 7.87. The van der Waals surface area contributed by atoms with Crippen LogP contribution in [-0.2, 0) is 11.6 Å². The molecule has 1 radical (unpaired) electrons. The minimum absolute atomic E-state index is 0.00632. The highest BCUT2D eigenvalue weighted by Gasteiger charge is 2.28. The second-order valence-electron chi connectivity index (χ2n) is 5.63. The number of halogens is 1. The van der Waals surface area contributed by atoms with Gasteiger partial charge in [-0.05, 0) is 35.1 Å². The van der Waals surface area contributed by atoms with Crippen molar-refractivity contribution >= 4 is 7.28 Å². The van der Waals surface area contributed by atoms with Crippen LogP contribution in [0.25, 0.3) is 0 Å². The second kappa shape index (κ2) is 7.48. The summed E-state index contributed by atoms with van der Waals surface area (Å²) in [6.45, 7) is 4.38. The van der Waals surface area contributed by atoms with Crippen molar-refractivity contribution < 1.29 is 9.13 Å². The molecule has 22 heavy (non-hydrogen) atoms. The number of benzene rings is 2. The highest BCUT2D eigenvalue weighted by Crippen LogP contribution is 2.31. The smallest absolute Gasteiger partial charge is 0.129 e. The van der Waals surface area contributed by atoms with Gasteiger partial charge >= 0.3 is 0 Å². The zero-order valence-corrected chi connectivity index (χ0v) is 13.6. The average Bonchev–Trinajstić information content (AvgIpc) is 2.58. The minimum Gasteiger partial charge on any atom is -0.497 e. The quantitative estimate of drug-likeness (QED) is 0.670. The van der Waals surface area contributed by atoms with Crippen LogP contribution in [-0.4, -0.2) is 14.4 Å². The molecule has 0 fully saturated rings. The molecular weight excluding hydrogens is 274 g/mol. The lowest BCUT2D eigenvalue weighted by atomic mass is 9.45. The molecule has 0 aliphatic rings. The van der Waals surface area contributed by atoms with Gasteiger partial charge in [-0.15, -0.1) is 0 Å². The van der Waals surface area contributed by atoms with Crippen molar-refractivity contribution in [2.24, 2.45) is 0 Å². The number of hydrogen-bond donors (Lipinski definition) is 0. The third-order valence-electron chi connectivity index (χ3n) is 4.57. The van der Waals surface area contributed by atoms with Gasteiger partial charge in [0.15, 0.2) is 0 Å². The molecule has 0 unspecified atom stereocenters. The van der Waals surface area contributed by atoms with E-state index in [9.17, 15) is 4.39 Å². The molecule has 0 atom stereocenters. The minimum atomic E-state index is -0.181. The molecule has 0 heterocycles. The third-order valence-corrected chi connectivity index (χ3v) is 4.57. The molecule has 2 rings (SSSR count). The molecule has 115 valence electrons. The van der Waals surface area contributed by atoms with E-state index in [2.05, 4.69) is 33.3 Å². The number of rotatable bonds is 7. The fourth-order valence-corrected chi connectivity index (χ4v) is 2.92. The number of hydrogen-bond acceptors (Lipinski definition) is 1. The molecule has 0 spiro atoms. The van der Waals surface area contributed by atoms with Gasteiger partial charge in [-0.1, -0.05) is 62.8 Å². The molecule has 2 aromatic carbocycles. The summed E-state index contributed by atoms with van der Waals surface area (Å²) in [4.78, 5) is 0. The summed E-state index contributed by atoms with van der Waals surface area (Å²) in [5.74, 6) is 0.694. The van der Waals surface area contributed by atoms with E-state index in [-0.39, 0.29) is 11.1 Å². The van der Waals surface area contributed by atoms with Crippen molar-refractivity contribution in [1.82, 2.24) is 0 Å². The maximum Gasteiger partial charge on any atom is 0.129 e. The van der Waals surface area contributed by atoms with Crippen LogP contribution < -0.4 is 4.74 Å². The summed E-state index contributed by atoms with van der Waals surface area (Å²) in [6, 6.07) is 15.1. The Bertz CT molecular complexity index is 573. The first-order valence-electron chi connectivity index (χ1n) is 7.87. The first kappa shape index (κ1) is 16.6. The van der Waals surface area contributed by atoms with Gasteiger partial charge in [0.25, 0.3) is 0 Å². The zero-order valence-electron chi connectivity index (χ0n) is 13.6. The van der Waals surface area contributed by atoms with E-state index in [1.54, 1.807) is 19.2 Å². The monoisotopic (exact) mass is 297 g/mol. The molecule has 0 aliphatic carbocycles. The van der Waals surface area contributed by atoms with Gasteiger partial charge in [-0.3, -0.25) is 0 Å². The van der Waals surface area contributed by atoms with Crippen LogP contribution in [0.5, 0.6) is 5.75 Å². The van der Waals surface area contributed by atoms with Crippen LogP contribution in [0.2, 0.25) is 0 Å². The Labute approximate surface area is 133 Å². The summed E-state index contributed by atoms with van der Waals surface area (Å²) in [6.07, 6.45) is 2.90. The summed E-state index contributed by atoms with van der Waals surface area (Å²) in [5, 5.41) is -0.00632. The van der Waals surface area contributed by atoms with Gasteiger partial charge in [-0.2, -0.15) is 0 Å². The highest BCUT2D eigenvalue weighted by molar-refractivity contribution is 6.39. The van der Waals surface area contributed by atoms with Gasteiger partial charge in [0.1, 0.15) is 18.8 Å². The summed E-state index contributed by atoms with van der Waals surface area (Å²) >= 11 is 0. The number of methoxy groups -OCH3 is 1. The molecule has 1 nitrogen and oxygen atoms in total. The topological polar surface area (TPSA) is 9.23 Å². The Hall–Kier alpha value is -1.77. The van der Waals surface area contributed by atoms with E-state index >= 15 is 0 Å². The van der Waals surface area contributed by atoms with E-state index in [0.717, 1.165) is 24.9 Å². The van der Waals surface area contributed by atoms with E-state index in [4.69, 9.17) is 4.74 Å². The van der Waals surface area contributed by atoms with Crippen molar-refractivity contribution in [2.75, 3.05) is 7.11 Å². The third kappa shape index (κ3) is 3.71. The standard InChI is InChI=1S/C19H23BFO/c1-4-19(5-2,16-8-10-17(21)11-9-16)20-14-15-6-12-18(22-3)13-7-15/h6-13H,4-5,14H2,1-3H3. The van der Waals surface area contributed by atoms with E-state index in [1.807, 2.05) is 24.3 Å². The predicted molar refractivity (Wildman–Crippen MR) is 91.1 cm³/mol. The van der Waals surface area contributed by atoms with E-state index in [1.165, 1.54) is 11.1 Å². The van der Waals surface area contributed by atoms with Gasteiger partial charge in [0.05, 0.1) is 7.11 Å². The van der Waals surface area contributed by atoms with Crippen LogP contribution in [0.15, 0.2) is 48.5 Å². The van der Waals surface area contributed by atoms with Crippen molar-refractivity contribution in [3.8, 4) is 5.75 Å². The Kier molecular flexibility index (Phi) is 5.65. The molecule has 0 N–H and O–H groups in total. The number of ether oxygens (including phenoxy) is 1. The van der Waals surface area contributed by atoms with Crippen LogP contribution in [0, 0.1) is 5.82 Å². The molecule has 0 aliphatic heterocycles. The Morgan fingerprint density at radius 3 is 2.05 bits per heavy atom. The molecule has 0 saturated carbocycles. The van der Waals surface area contributed by atoms with E-state index < -0.39 is 0 Å². The molecule has 0 amide bonds. The lowest BCUT2D eigenvalue weighted by Gasteiger charge is -2.32. The van der Waals surface area contributed by atoms with Crippen LogP contribution in [0.4, 0.5) is 4.39 Å². The zero-order chi connectivity index (χ0) is 16.0. The Balaban J connectivity index is 2.15. The van der Waals surface area contributed by atoms with Crippen molar-refractivity contribution in [3.63, 3.8) is 0 Å². The molecule has 2 aromatic rings. The molecular formula is C19H23BFO. The molecule has 0 aromatic heterocycles. The van der Waals surface area contributed by atoms with Gasteiger partial charge in [0, 0.05) is 0 Å². The maximum absolute atomic E-state index is 13.2. The van der Waals surface area contributed by atoms with Gasteiger partial charge < -0.3 is 4.74 Å². The fraction of sp³-hybridized carbons (Fsp3) is 0.368. The highest BCUT2D eigenvalue weighted by atomic mass is 19.1. The van der Waals surface area contributed by atoms with Crippen LogP contribution in [0.1, 0.15) is 37.8 Å². The predicted octanol–water partition coefficient (Wildman–Crippen LogP) is 4.75. The fourth-order valence-electron chi connectivity index (χ4n) is 2.92. The lowest BCUT2D eigenvalue weighted by molar-refractivity contribution is 0.414. The SMILES string of the molecule is CCC([B]Cc1ccc(OC)cc1)(CC)c1ccc(F)cc1. The van der Waals surface area contributed by atoms with Crippen LogP contribution in [0.3, 0.4) is 0 Å². The van der Waals surface area contributed by atoms with Gasteiger partial charge in [-0.25, -0.2) is 4.39 Å². The van der Waals surface area contributed by atoms with Crippen molar-refractivity contribution in [2.45, 2.75) is 38.3 Å². The Morgan fingerprint density at radius 1 is 0.955 bits per heavy atom. The summed E-state index contributed by atoms with van der Waals surface area (Å²) in [5.41, 5.74) is 2.45. The lowest BCUT2D eigenvalue weighted by Crippen LogP contribution is -2.33. The largest absolute Gasteiger partial charge is 0.497 e. The Morgan fingerprint density at radius 2 is 1.55 bits per heavy atom. The first-order chi connectivity index (χ1) is 10.6. The summed E-state index contributed by atoms with van der Waals surface area (Å²) in [7, 11) is 4.04. The normalized spacial score (nSPS) is 11.3. The second-order valence-corrected chi connectivity index (χ2v) is 5.63. The maximum atomic E-state index is 13.2. The van der Waals surface area contributed by atoms with E-state index in [0.29, 0.717) is 0 Å². The molecule has 0 bridgehead atoms.